The number of nitrogens with zero attached hydrogens (tertiary/aromatic N) is 2. The van der Waals surface area contributed by atoms with Gasteiger partial charge in [-0.2, -0.15) is 0 Å². The van der Waals surface area contributed by atoms with E-state index in [0.717, 1.165) is 54.1 Å². The van der Waals surface area contributed by atoms with Gasteiger partial charge in [0.25, 0.3) is 0 Å². The highest BCUT2D eigenvalue weighted by Crippen LogP contribution is 2.28. The number of rotatable bonds is 25. The van der Waals surface area contributed by atoms with E-state index in [1.54, 1.807) is 13.2 Å². The zero-order valence-electron chi connectivity index (χ0n) is 37.6. The number of guanidine groups is 1. The maximum absolute atomic E-state index is 14.6. The number of aromatic nitrogens is 1. The van der Waals surface area contributed by atoms with Gasteiger partial charge in [0.05, 0.1) is 6.04 Å². The van der Waals surface area contributed by atoms with Gasteiger partial charge in [0.2, 0.25) is 29.5 Å². The summed E-state index contributed by atoms with van der Waals surface area (Å²) < 4.78 is 0. The van der Waals surface area contributed by atoms with E-state index in [2.05, 4.69) is 36.6 Å². The van der Waals surface area contributed by atoms with Crippen LogP contribution in [0.5, 0.6) is 0 Å². The first-order valence-electron chi connectivity index (χ1n) is 23.1. The average molecular weight is 900 g/mol. The maximum Gasteiger partial charge on any atom is 0.326 e. The summed E-state index contributed by atoms with van der Waals surface area (Å²) in [6, 6.07) is 11.1. The number of hydrogen-bond acceptors (Lipinski definition) is 9. The number of unbranched alkanes of at least 4 members (excludes halogenated alkanes) is 1. The summed E-state index contributed by atoms with van der Waals surface area (Å²) in [7, 11) is 1.70. The predicted octanol–water partition coefficient (Wildman–Crippen LogP) is 1.71. The molecular weight excluding hydrogens is 831 g/mol. The molecule has 2 heterocycles. The fourth-order valence-electron chi connectivity index (χ4n) is 8.99. The van der Waals surface area contributed by atoms with E-state index in [9.17, 15) is 33.9 Å². The summed E-state index contributed by atoms with van der Waals surface area (Å²) in [6.45, 7) is 0.883. The minimum absolute atomic E-state index is 0.0218. The monoisotopic (exact) mass is 900 g/mol. The number of carboxylic acid groups (broad SMARTS) is 1. The molecular formula is C47H69N11O7. The molecule has 0 radical (unpaired) electrons. The molecule has 1 saturated heterocycles. The Morgan fingerprint density at radius 1 is 0.754 bits per heavy atom. The van der Waals surface area contributed by atoms with E-state index in [0.29, 0.717) is 58.0 Å². The van der Waals surface area contributed by atoms with Crippen LogP contribution in [0.25, 0.3) is 10.9 Å². The lowest BCUT2D eigenvalue weighted by atomic mass is 9.84. The van der Waals surface area contributed by atoms with Gasteiger partial charge in [-0.25, -0.2) is 4.79 Å². The van der Waals surface area contributed by atoms with Gasteiger partial charge in [-0.15, -0.1) is 0 Å². The molecule has 1 aromatic heterocycles. The van der Waals surface area contributed by atoms with Crippen molar-refractivity contribution in [1.82, 2.24) is 36.5 Å². The third kappa shape index (κ3) is 15.0. The molecule has 2 aliphatic rings. The van der Waals surface area contributed by atoms with Crippen LogP contribution in [-0.4, -0.2) is 119 Å². The van der Waals surface area contributed by atoms with Crippen LogP contribution >= 0.6 is 0 Å². The summed E-state index contributed by atoms with van der Waals surface area (Å²) >= 11 is 0. The lowest BCUT2D eigenvalue weighted by molar-refractivity contribution is -0.143. The Kier molecular flexibility index (Phi) is 19.6. The molecule has 2 aromatic carbocycles. The Bertz CT molecular complexity index is 2070. The van der Waals surface area contributed by atoms with E-state index < -0.39 is 59.9 Å². The fraction of sp³-hybridized carbons (Fsp3) is 0.553. The number of carbonyl (C=O) groups is 6. The van der Waals surface area contributed by atoms with Gasteiger partial charge >= 0.3 is 5.97 Å². The molecule has 3 aromatic rings. The van der Waals surface area contributed by atoms with E-state index in [1.165, 1.54) is 4.90 Å². The second-order valence-corrected chi connectivity index (χ2v) is 17.3. The maximum atomic E-state index is 14.6. The summed E-state index contributed by atoms with van der Waals surface area (Å²) in [5.74, 6) is -3.77. The number of likely N-dealkylation sites (tertiary alicyclic amines) is 1. The molecule has 5 rings (SSSR count). The van der Waals surface area contributed by atoms with Gasteiger partial charge in [0.1, 0.15) is 30.2 Å². The highest BCUT2D eigenvalue weighted by atomic mass is 16.4. The average Bonchev–Trinajstić information content (AvgIpc) is 3.97. The fourth-order valence-corrected chi connectivity index (χ4v) is 8.99. The van der Waals surface area contributed by atoms with Gasteiger partial charge in [0.15, 0.2) is 5.96 Å². The van der Waals surface area contributed by atoms with Crippen molar-refractivity contribution in [2.75, 3.05) is 26.7 Å². The summed E-state index contributed by atoms with van der Waals surface area (Å²) in [6.07, 6.45) is 10.1. The number of benzene rings is 2. The molecule has 1 saturated carbocycles. The zero-order valence-corrected chi connectivity index (χ0v) is 37.6. The Morgan fingerprint density at radius 3 is 2.12 bits per heavy atom. The van der Waals surface area contributed by atoms with Gasteiger partial charge < -0.3 is 58.8 Å². The number of aliphatic carboxylic acids is 1. The number of nitrogens with one attached hydrogen (secondary N) is 6. The molecule has 5 amide bonds. The number of carbonyl (C=O) groups excluding carboxylic acids is 5. The Balaban J connectivity index is 1.35. The number of aliphatic imine (C=N–C) groups is 1. The van der Waals surface area contributed by atoms with Crippen LogP contribution in [-0.2, 0) is 41.6 Å². The number of aromatic amines is 1. The molecule has 354 valence electrons. The van der Waals surface area contributed by atoms with Crippen molar-refractivity contribution in [1.29, 1.82) is 0 Å². The van der Waals surface area contributed by atoms with Crippen LogP contribution in [0.15, 0.2) is 65.8 Å². The number of para-hydroxylation sites is 1. The van der Waals surface area contributed by atoms with Gasteiger partial charge in [-0.1, -0.05) is 80.6 Å². The smallest absolute Gasteiger partial charge is 0.326 e. The van der Waals surface area contributed by atoms with Crippen molar-refractivity contribution >= 4 is 52.4 Å². The van der Waals surface area contributed by atoms with E-state index >= 15 is 0 Å². The van der Waals surface area contributed by atoms with Gasteiger partial charge in [0, 0.05) is 36.6 Å². The lowest BCUT2D eigenvalue weighted by Crippen LogP contribution is -2.59. The Labute approximate surface area is 381 Å². The van der Waals surface area contributed by atoms with Crippen molar-refractivity contribution in [2.24, 2.45) is 28.1 Å². The Hall–Kier alpha value is -6.01. The molecule has 6 atom stereocenters. The van der Waals surface area contributed by atoms with Gasteiger partial charge in [-0.3, -0.25) is 29.0 Å². The summed E-state index contributed by atoms with van der Waals surface area (Å²) in [5.41, 5.74) is 19.2. The molecule has 65 heavy (non-hydrogen) atoms. The number of H-pyrrole nitrogens is 1. The minimum atomic E-state index is -1.29. The van der Waals surface area contributed by atoms with Gasteiger partial charge in [-0.05, 0) is 94.5 Å². The second-order valence-electron chi connectivity index (χ2n) is 17.3. The number of likely N-dealkylation sites (N-methyl/N-ethyl adjacent to an activating group) is 1. The first-order valence-corrected chi connectivity index (χ1v) is 23.1. The molecule has 13 N–H and O–H groups in total. The van der Waals surface area contributed by atoms with Crippen molar-refractivity contribution in [2.45, 2.75) is 133 Å². The van der Waals surface area contributed by atoms with Crippen LogP contribution in [0.1, 0.15) is 94.6 Å². The van der Waals surface area contributed by atoms with Crippen molar-refractivity contribution in [3.05, 3.63) is 71.9 Å². The van der Waals surface area contributed by atoms with Crippen LogP contribution in [0.4, 0.5) is 0 Å². The normalized spacial score (nSPS) is 17.6. The van der Waals surface area contributed by atoms with Crippen molar-refractivity contribution < 1.29 is 33.9 Å². The topological polar surface area (TPSA) is 292 Å². The quantitative estimate of drug-likeness (QED) is 0.0332. The van der Waals surface area contributed by atoms with E-state index in [1.807, 2.05) is 54.6 Å². The lowest BCUT2D eigenvalue weighted by Gasteiger charge is -2.32. The molecule has 18 heteroatoms. The van der Waals surface area contributed by atoms with Crippen molar-refractivity contribution in [3.63, 3.8) is 0 Å². The molecule has 1 aliphatic heterocycles. The highest BCUT2D eigenvalue weighted by Gasteiger charge is 2.40. The molecule has 18 nitrogen and oxygen atoms in total. The molecule has 0 spiro atoms. The largest absolute Gasteiger partial charge is 0.480 e. The number of nitrogens with two attached hydrogens (primary N) is 3. The first-order chi connectivity index (χ1) is 31.4. The third-order valence-corrected chi connectivity index (χ3v) is 12.6. The highest BCUT2D eigenvalue weighted by molar-refractivity contribution is 5.97. The molecule has 1 aliphatic carbocycles. The predicted molar refractivity (Wildman–Crippen MR) is 249 cm³/mol. The molecule has 2 fully saturated rings. The SMILES string of the molecule is CN[C@@H](Cc1ccccc1)C(=O)N[C@@H](CCCCN)C(=O)N1CCC[C@H]1C(=O)N[C@@H](CC1CCCCC1)C(=O)N[C@@H](Cc1c[nH]c2ccccc12)C(=O)N[C@@H](CCCN=C(N)N)C(=O)O. The molecule has 0 unspecified atom stereocenters. The van der Waals surface area contributed by atoms with Crippen LogP contribution in [0.3, 0.4) is 0 Å². The third-order valence-electron chi connectivity index (χ3n) is 12.6. The summed E-state index contributed by atoms with van der Waals surface area (Å²) in [5, 5.41) is 25.4. The zero-order chi connectivity index (χ0) is 46.7. The molecule has 0 bridgehead atoms. The number of amides is 5. The van der Waals surface area contributed by atoms with E-state index in [-0.39, 0.29) is 49.5 Å². The summed E-state index contributed by atoms with van der Waals surface area (Å²) in [4.78, 5) is 92.1. The number of hydrogen-bond donors (Lipinski definition) is 10. The standard InChI is InChI=1S/C47H69N11O7/c1-51-37(26-30-14-4-2-5-15-30)41(59)54-35(20-10-11-23-48)45(63)58-25-13-22-40(58)44(62)57-38(27-31-16-6-3-7-17-31)42(60)56-39(28-32-29-53-34-19-9-8-18-33(32)34)43(61)55-36(46(64)65)21-12-24-52-47(49)50/h2,4-5,8-9,14-15,18-19,29,31,35-40,51,53H,3,6-7,10-13,16-17,20-28,48H2,1H3,(H,54,59)(H,55,61)(H,56,60)(H,57,62)(H,64,65)(H4,49,50,52)/t35-,36-,37-,38-,39-,40-/m0/s1. The first kappa shape index (κ1) is 50.0. The minimum Gasteiger partial charge on any atom is -0.480 e. The number of carboxylic acids is 1. The van der Waals surface area contributed by atoms with Crippen LogP contribution in [0.2, 0.25) is 0 Å². The van der Waals surface area contributed by atoms with Crippen molar-refractivity contribution in [3.8, 4) is 0 Å². The van der Waals surface area contributed by atoms with Crippen LogP contribution < -0.4 is 43.8 Å². The van der Waals surface area contributed by atoms with E-state index in [4.69, 9.17) is 17.2 Å². The number of fused-ring (bicyclic) bond motifs is 1. The van der Waals surface area contributed by atoms with Crippen LogP contribution in [0, 0.1) is 5.92 Å². The second kappa shape index (κ2) is 25.5. The Morgan fingerprint density at radius 2 is 1.42 bits per heavy atom.